The molecule has 12 heteroatoms. The van der Waals surface area contributed by atoms with E-state index in [1.807, 2.05) is 152 Å². The van der Waals surface area contributed by atoms with Crippen LogP contribution in [0, 0.1) is 38.1 Å². The average molecular weight is 1280 g/mol. The summed E-state index contributed by atoms with van der Waals surface area (Å²) < 4.78 is 3.57. The molecule has 2 aliphatic heterocycles. The van der Waals surface area contributed by atoms with E-state index in [9.17, 15) is 0 Å². The van der Waals surface area contributed by atoms with E-state index in [1.54, 1.807) is 9.36 Å². The SMILES string of the molecule is CN1[CH-]N(C2=CC=CC=[C-]C2)C2=C1C=CCC=C2.CN1[CH-]N(c2[c-]cccc2)c2ccccc21.[Pt].[Pt].[c-]1nc(-c2ccccc2)n(-c2ccccc2)n1.[c-]1nc(-c2ccccc2)n(-c2ccccc2)n1. The zero-order chi connectivity index (χ0) is 46.3. The predicted molar refractivity (Wildman–Crippen MR) is 271 cm³/mol. The Labute approximate surface area is 440 Å². The van der Waals surface area contributed by atoms with Crippen LogP contribution < -0.4 is 9.80 Å². The van der Waals surface area contributed by atoms with Crippen molar-refractivity contribution in [3.05, 3.63) is 274 Å². The van der Waals surface area contributed by atoms with Gasteiger partial charge in [0.1, 0.15) is 0 Å². The van der Waals surface area contributed by atoms with Crippen molar-refractivity contribution in [2.24, 2.45) is 0 Å². The molecule has 0 N–H and O–H groups in total. The van der Waals surface area contributed by atoms with Crippen molar-refractivity contribution in [1.29, 1.82) is 0 Å². The van der Waals surface area contributed by atoms with E-state index in [1.165, 1.54) is 28.5 Å². The van der Waals surface area contributed by atoms with Gasteiger partial charge < -0.3 is 38.9 Å². The van der Waals surface area contributed by atoms with Crippen LogP contribution in [0.2, 0.25) is 0 Å². The van der Waals surface area contributed by atoms with Gasteiger partial charge in [-0.25, -0.2) is 12.2 Å². The number of fused-ring (bicyclic) bond motifs is 1. The van der Waals surface area contributed by atoms with E-state index in [0.29, 0.717) is 0 Å². The molecule has 0 saturated carbocycles. The Morgan fingerprint density at radius 3 is 1.60 bits per heavy atom. The van der Waals surface area contributed by atoms with Crippen LogP contribution in [0.1, 0.15) is 12.8 Å². The summed E-state index contributed by atoms with van der Waals surface area (Å²) in [6, 6.07) is 59.4. The molecule has 0 bridgehead atoms. The maximum atomic E-state index is 4.19. The number of likely N-dealkylation sites (N-methyl/N-ethyl adjacent to an activating group) is 1. The Morgan fingerprint density at radius 2 is 1.03 bits per heavy atom. The molecule has 0 atom stereocenters. The van der Waals surface area contributed by atoms with Crippen molar-refractivity contribution >= 4 is 17.1 Å². The van der Waals surface area contributed by atoms with E-state index in [0.717, 1.165) is 52.7 Å². The molecular weight excluding hydrogens is 1230 g/mol. The first-order valence-electron chi connectivity index (χ1n) is 22.3. The second-order valence-electron chi connectivity index (χ2n) is 15.6. The topological polar surface area (TPSA) is 74.4 Å². The molecule has 10 nitrogen and oxygen atoms in total. The minimum atomic E-state index is 0. The largest absolute Gasteiger partial charge is 0.504 e. The van der Waals surface area contributed by atoms with Crippen molar-refractivity contribution in [2.45, 2.75) is 12.8 Å². The number of aromatic nitrogens is 6. The normalized spacial score (nSPS) is 13.9. The molecule has 0 amide bonds. The van der Waals surface area contributed by atoms with Crippen molar-refractivity contribution in [3.63, 3.8) is 0 Å². The second-order valence-corrected chi connectivity index (χ2v) is 15.6. The molecule has 12 rings (SSSR count). The van der Waals surface area contributed by atoms with Gasteiger partial charge in [0.2, 0.25) is 0 Å². The van der Waals surface area contributed by atoms with E-state index in [4.69, 9.17) is 0 Å². The van der Waals surface area contributed by atoms with Crippen molar-refractivity contribution in [1.82, 2.24) is 39.3 Å². The number of anilines is 3. The first-order chi connectivity index (χ1) is 33.6. The molecule has 356 valence electrons. The second kappa shape index (κ2) is 25.3. The summed E-state index contributed by atoms with van der Waals surface area (Å²) in [6.45, 7) is 4.22. The number of nitrogens with zero attached hydrogens (tertiary/aromatic N) is 10. The van der Waals surface area contributed by atoms with Crippen LogP contribution in [-0.4, -0.2) is 53.4 Å². The maximum absolute atomic E-state index is 4.19. The summed E-state index contributed by atoms with van der Waals surface area (Å²) in [7, 11) is 4.15. The summed E-state index contributed by atoms with van der Waals surface area (Å²) in [4.78, 5) is 17.1. The maximum Gasteiger partial charge on any atom is 0.0454 e. The number of rotatable bonds is 6. The average Bonchev–Trinajstić information content (AvgIpc) is 4.15. The van der Waals surface area contributed by atoms with Gasteiger partial charge in [0.15, 0.2) is 0 Å². The number of allylic oxidation sites excluding steroid dienone is 9. The molecule has 0 fully saturated rings. The van der Waals surface area contributed by atoms with Gasteiger partial charge in [0.25, 0.3) is 0 Å². The van der Waals surface area contributed by atoms with Gasteiger partial charge in [-0.3, -0.25) is 16.3 Å². The third kappa shape index (κ3) is 12.2. The molecule has 0 spiro atoms. The standard InChI is InChI=1S/C16H16N2.2C14H10N3.C14H12N2.2Pt/c1-17-13-18(14-9-5-2-3-6-10-14)16-12-8-4-7-11-15(16)17;2*1-3-7-12(8-4-1)14-15-11-16-17(14)13-9-5-2-6-10-13;1-15-11-16(12-7-3-2-4-8-12)14-10-6-5-9-13(14)15;;/h2-3,5,7-9,11-13H,4,10H2,1H3;2*1-10H;2-7,9-11H,1H3;;/q-2;2*-1;-2;;. The third-order valence-electron chi connectivity index (χ3n) is 11.1. The number of hydrogen-bond donors (Lipinski definition) is 0. The summed E-state index contributed by atoms with van der Waals surface area (Å²) >= 11 is 0. The van der Waals surface area contributed by atoms with Gasteiger partial charge in [-0.05, 0) is 87.4 Å². The summed E-state index contributed by atoms with van der Waals surface area (Å²) in [5.74, 6) is 1.61. The quantitative estimate of drug-likeness (QED) is 0.153. The van der Waals surface area contributed by atoms with Gasteiger partial charge >= 0.3 is 0 Å². The Balaban J connectivity index is 0.000000136. The summed E-state index contributed by atoms with van der Waals surface area (Å²) in [5.41, 5.74) is 11.3. The molecule has 0 unspecified atom stereocenters. The third-order valence-corrected chi connectivity index (χ3v) is 11.1. The van der Waals surface area contributed by atoms with Crippen molar-refractivity contribution < 1.29 is 42.1 Å². The van der Waals surface area contributed by atoms with Crippen LogP contribution in [0.3, 0.4) is 0 Å². The molecule has 6 aromatic carbocycles. The summed E-state index contributed by atoms with van der Waals surface area (Å²) in [6.07, 6.45) is 27.4. The van der Waals surface area contributed by atoms with Gasteiger partial charge in [0.05, 0.1) is 0 Å². The monoisotopic (exact) mass is 1270 g/mol. The molecule has 2 aliphatic carbocycles. The molecule has 0 radical (unpaired) electrons. The van der Waals surface area contributed by atoms with E-state index < -0.39 is 0 Å². The van der Waals surface area contributed by atoms with Crippen LogP contribution in [0.15, 0.2) is 236 Å². The Bertz CT molecular complexity index is 2830. The fourth-order valence-electron chi connectivity index (χ4n) is 7.77. The number of benzene rings is 6. The summed E-state index contributed by atoms with van der Waals surface area (Å²) in [5, 5.41) is 8.29. The minimum absolute atomic E-state index is 0. The molecule has 2 aromatic heterocycles. The predicted octanol–water partition coefficient (Wildman–Crippen LogP) is 11.9. The van der Waals surface area contributed by atoms with Crippen LogP contribution in [0.4, 0.5) is 17.1 Å². The zero-order valence-corrected chi connectivity index (χ0v) is 43.0. The number of para-hydroxylation sites is 5. The van der Waals surface area contributed by atoms with Crippen LogP contribution in [-0.2, 0) is 42.1 Å². The van der Waals surface area contributed by atoms with Gasteiger partial charge in [-0.2, -0.15) is 43.7 Å². The molecule has 8 aromatic rings. The molecule has 4 aliphatic rings. The first kappa shape index (κ1) is 50.5. The molecule has 4 heterocycles. The molecule has 70 heavy (non-hydrogen) atoms. The molecular formula is C58H48N10Pt2-6. The van der Waals surface area contributed by atoms with E-state index in [-0.39, 0.29) is 42.1 Å². The Hall–Kier alpha value is -7.38. The fraction of sp³-hybridized carbons (Fsp3) is 0.0690. The Morgan fingerprint density at radius 1 is 0.514 bits per heavy atom. The van der Waals surface area contributed by atoms with E-state index >= 15 is 0 Å². The molecule has 0 saturated heterocycles. The smallest absolute Gasteiger partial charge is 0.0454 e. The number of hydrogen-bond acceptors (Lipinski definition) is 8. The first-order valence-corrected chi connectivity index (χ1v) is 22.3. The Kier molecular flexibility index (Phi) is 18.2. The van der Waals surface area contributed by atoms with Gasteiger partial charge in [-0.15, -0.1) is 11.8 Å². The zero-order valence-electron chi connectivity index (χ0n) is 38.5. The minimum Gasteiger partial charge on any atom is -0.504 e. The van der Waals surface area contributed by atoms with Crippen molar-refractivity contribution in [3.8, 4) is 34.2 Å². The fourth-order valence-corrected chi connectivity index (χ4v) is 7.77. The van der Waals surface area contributed by atoms with Crippen LogP contribution >= 0.6 is 0 Å². The van der Waals surface area contributed by atoms with Crippen molar-refractivity contribution in [2.75, 3.05) is 23.9 Å². The van der Waals surface area contributed by atoms with Crippen LogP contribution in [0.5, 0.6) is 0 Å². The van der Waals surface area contributed by atoms with Gasteiger partial charge in [-0.1, -0.05) is 145 Å². The van der Waals surface area contributed by atoms with E-state index in [2.05, 4.69) is 159 Å². The van der Waals surface area contributed by atoms with Crippen LogP contribution in [0.25, 0.3) is 34.2 Å². The van der Waals surface area contributed by atoms with Gasteiger partial charge in [0, 0.05) is 87.9 Å².